The van der Waals surface area contributed by atoms with E-state index in [-0.39, 0.29) is 12.1 Å². The van der Waals surface area contributed by atoms with Gasteiger partial charge in [-0.15, -0.1) is 0 Å². The zero-order chi connectivity index (χ0) is 16.2. The van der Waals surface area contributed by atoms with Crippen LogP contribution in [0.3, 0.4) is 0 Å². The fourth-order valence-corrected chi connectivity index (χ4v) is 2.96. The minimum atomic E-state index is -3.86. The van der Waals surface area contributed by atoms with E-state index in [1.54, 1.807) is 12.1 Å². The number of rotatable bonds is 6. The number of hydrogen-bond donors (Lipinski definition) is 2. The minimum Gasteiger partial charge on any atom is -0.387 e. The van der Waals surface area contributed by atoms with Crippen molar-refractivity contribution < 1.29 is 22.3 Å². The quantitative estimate of drug-likeness (QED) is 0.842. The Labute approximate surface area is 126 Å². The molecule has 0 radical (unpaired) electrons. The smallest absolute Gasteiger partial charge is 0.215 e. The number of aliphatic hydroxyl groups excluding tert-OH is 1. The highest BCUT2D eigenvalue weighted by Gasteiger charge is 2.17. The highest BCUT2D eigenvalue weighted by molar-refractivity contribution is 7.88. The van der Waals surface area contributed by atoms with Gasteiger partial charge in [0.1, 0.15) is 11.6 Å². The Morgan fingerprint density at radius 2 is 1.86 bits per heavy atom. The van der Waals surface area contributed by atoms with Gasteiger partial charge in [0, 0.05) is 30.6 Å². The molecule has 22 heavy (non-hydrogen) atoms. The first-order chi connectivity index (χ1) is 10.4. The fraction of sp³-hybridized carbons (Fsp3) is 0.214. The first-order valence-electron chi connectivity index (χ1n) is 6.36. The predicted molar refractivity (Wildman–Crippen MR) is 76.2 cm³/mol. The molecule has 2 N–H and O–H groups in total. The standard InChI is InChI=1S/C14H14F2N2O3S/c15-12-2-1-11(13(16)7-12)9-22(20,21)18-8-14(19)10-3-5-17-6-4-10/h1-7,14,18-19H,8-9H2. The van der Waals surface area contributed by atoms with Crippen molar-refractivity contribution in [1.29, 1.82) is 0 Å². The van der Waals surface area contributed by atoms with E-state index in [1.807, 2.05) is 0 Å². The van der Waals surface area contributed by atoms with Crippen molar-refractivity contribution in [2.24, 2.45) is 0 Å². The third-order valence-corrected chi connectivity index (χ3v) is 4.25. The average Bonchev–Trinajstić information content (AvgIpc) is 2.49. The van der Waals surface area contributed by atoms with Crippen LogP contribution in [0, 0.1) is 11.6 Å². The summed E-state index contributed by atoms with van der Waals surface area (Å²) in [5.41, 5.74) is 0.359. The molecule has 0 fully saturated rings. The van der Waals surface area contributed by atoms with E-state index < -0.39 is 33.5 Å². The molecule has 0 saturated heterocycles. The zero-order valence-corrected chi connectivity index (χ0v) is 12.2. The van der Waals surface area contributed by atoms with Crippen molar-refractivity contribution >= 4 is 10.0 Å². The SMILES string of the molecule is O=S(=O)(Cc1ccc(F)cc1F)NCC(O)c1ccncc1. The van der Waals surface area contributed by atoms with Crippen LogP contribution < -0.4 is 4.72 Å². The van der Waals surface area contributed by atoms with Gasteiger partial charge in [-0.1, -0.05) is 6.07 Å². The van der Waals surface area contributed by atoms with Crippen LogP contribution in [0.1, 0.15) is 17.2 Å². The van der Waals surface area contributed by atoms with Crippen molar-refractivity contribution in [1.82, 2.24) is 9.71 Å². The second kappa shape index (κ2) is 6.91. The maximum atomic E-state index is 13.5. The Kier molecular flexibility index (Phi) is 5.17. The van der Waals surface area contributed by atoms with E-state index in [9.17, 15) is 22.3 Å². The summed E-state index contributed by atoms with van der Waals surface area (Å²) in [6, 6.07) is 5.79. The van der Waals surface area contributed by atoms with E-state index in [0.29, 0.717) is 11.6 Å². The molecule has 0 saturated carbocycles. The van der Waals surface area contributed by atoms with Gasteiger partial charge in [-0.2, -0.15) is 0 Å². The maximum Gasteiger partial charge on any atom is 0.215 e. The highest BCUT2D eigenvalue weighted by Crippen LogP contribution is 2.14. The molecule has 0 aliphatic heterocycles. The van der Waals surface area contributed by atoms with Crippen LogP contribution >= 0.6 is 0 Å². The van der Waals surface area contributed by atoms with E-state index in [0.717, 1.165) is 12.1 Å². The minimum absolute atomic E-state index is 0.146. The van der Waals surface area contributed by atoms with Crippen molar-refractivity contribution in [3.63, 3.8) is 0 Å². The molecule has 1 heterocycles. The molecule has 1 unspecified atom stereocenters. The van der Waals surface area contributed by atoms with Crippen LogP contribution in [0.4, 0.5) is 8.78 Å². The van der Waals surface area contributed by atoms with E-state index in [4.69, 9.17) is 0 Å². The zero-order valence-electron chi connectivity index (χ0n) is 11.4. The van der Waals surface area contributed by atoms with Gasteiger partial charge < -0.3 is 5.11 Å². The lowest BCUT2D eigenvalue weighted by Gasteiger charge is -2.12. The molecule has 118 valence electrons. The third-order valence-electron chi connectivity index (χ3n) is 2.95. The molecule has 0 aliphatic carbocycles. The Bertz CT molecular complexity index is 739. The summed E-state index contributed by atoms with van der Waals surface area (Å²) >= 11 is 0. The lowest BCUT2D eigenvalue weighted by atomic mass is 10.1. The molecular weight excluding hydrogens is 314 g/mol. The number of nitrogens with zero attached hydrogens (tertiary/aromatic N) is 1. The van der Waals surface area contributed by atoms with Crippen LogP contribution in [0.15, 0.2) is 42.7 Å². The number of benzene rings is 1. The van der Waals surface area contributed by atoms with Crippen molar-refractivity contribution in [3.05, 3.63) is 65.5 Å². The van der Waals surface area contributed by atoms with Gasteiger partial charge in [-0.3, -0.25) is 4.98 Å². The summed E-state index contributed by atoms with van der Waals surface area (Å²) in [6.07, 6.45) is 1.90. The summed E-state index contributed by atoms with van der Waals surface area (Å²) in [5, 5.41) is 9.86. The number of halogens is 2. The molecule has 2 rings (SSSR count). The first-order valence-corrected chi connectivity index (χ1v) is 8.02. The number of aromatic nitrogens is 1. The first kappa shape index (κ1) is 16.5. The second-order valence-corrected chi connectivity index (χ2v) is 6.45. The number of hydrogen-bond acceptors (Lipinski definition) is 4. The molecule has 0 amide bonds. The van der Waals surface area contributed by atoms with Crippen LogP contribution in [-0.4, -0.2) is 25.1 Å². The van der Waals surface area contributed by atoms with Crippen molar-refractivity contribution in [2.45, 2.75) is 11.9 Å². The third kappa shape index (κ3) is 4.55. The van der Waals surface area contributed by atoms with E-state index in [1.165, 1.54) is 12.4 Å². The molecule has 5 nitrogen and oxygen atoms in total. The van der Waals surface area contributed by atoms with E-state index in [2.05, 4.69) is 9.71 Å². The summed E-state index contributed by atoms with van der Waals surface area (Å²) < 4.78 is 52.2. The van der Waals surface area contributed by atoms with Gasteiger partial charge in [0.15, 0.2) is 0 Å². The molecule has 0 aliphatic rings. The normalized spacial score (nSPS) is 13.0. The van der Waals surface area contributed by atoms with Crippen LogP contribution in [0.25, 0.3) is 0 Å². The largest absolute Gasteiger partial charge is 0.387 e. The van der Waals surface area contributed by atoms with Crippen LogP contribution in [0.5, 0.6) is 0 Å². The van der Waals surface area contributed by atoms with E-state index >= 15 is 0 Å². The fourth-order valence-electron chi connectivity index (χ4n) is 1.80. The van der Waals surface area contributed by atoms with Crippen molar-refractivity contribution in [3.8, 4) is 0 Å². The molecule has 1 aromatic heterocycles. The predicted octanol–water partition coefficient (Wildman–Crippen LogP) is 1.51. The molecule has 1 aromatic carbocycles. The number of aliphatic hydroxyl groups is 1. The Morgan fingerprint density at radius 3 is 2.50 bits per heavy atom. The van der Waals surface area contributed by atoms with Gasteiger partial charge in [-0.25, -0.2) is 21.9 Å². The Hall–Kier alpha value is -1.90. The number of pyridine rings is 1. The molecule has 1 atom stereocenters. The molecule has 2 aromatic rings. The number of nitrogens with one attached hydrogen (secondary N) is 1. The number of sulfonamides is 1. The molecule has 0 bridgehead atoms. The lowest BCUT2D eigenvalue weighted by Crippen LogP contribution is -2.29. The van der Waals surface area contributed by atoms with Gasteiger partial charge in [0.2, 0.25) is 10.0 Å². The van der Waals surface area contributed by atoms with Gasteiger partial charge in [-0.05, 0) is 23.8 Å². The monoisotopic (exact) mass is 328 g/mol. The van der Waals surface area contributed by atoms with Crippen molar-refractivity contribution in [2.75, 3.05) is 6.54 Å². The van der Waals surface area contributed by atoms with Crippen LogP contribution in [-0.2, 0) is 15.8 Å². The Balaban J connectivity index is 1.99. The summed E-state index contributed by atoms with van der Waals surface area (Å²) in [7, 11) is -3.86. The Morgan fingerprint density at radius 1 is 1.18 bits per heavy atom. The molecule has 8 heteroatoms. The topological polar surface area (TPSA) is 79.3 Å². The second-order valence-electron chi connectivity index (χ2n) is 4.64. The summed E-state index contributed by atoms with van der Waals surface area (Å²) in [4.78, 5) is 3.79. The average molecular weight is 328 g/mol. The van der Waals surface area contributed by atoms with Gasteiger partial charge >= 0.3 is 0 Å². The molecule has 0 spiro atoms. The summed E-state index contributed by atoms with van der Waals surface area (Å²) in [5.74, 6) is -2.35. The lowest BCUT2D eigenvalue weighted by molar-refractivity contribution is 0.182. The summed E-state index contributed by atoms with van der Waals surface area (Å²) in [6.45, 7) is -0.255. The molecular formula is C14H14F2N2O3S. The highest BCUT2D eigenvalue weighted by atomic mass is 32.2. The maximum absolute atomic E-state index is 13.5. The van der Waals surface area contributed by atoms with Crippen LogP contribution in [0.2, 0.25) is 0 Å². The van der Waals surface area contributed by atoms with Gasteiger partial charge in [0.25, 0.3) is 0 Å². The van der Waals surface area contributed by atoms with Gasteiger partial charge in [0.05, 0.1) is 11.9 Å².